The summed E-state index contributed by atoms with van der Waals surface area (Å²) in [5, 5.41) is 8.82. The molecule has 0 aliphatic carbocycles. The summed E-state index contributed by atoms with van der Waals surface area (Å²) < 4.78 is 0. The lowest BCUT2D eigenvalue weighted by atomic mass is 10.3. The third-order valence-electron chi connectivity index (χ3n) is 2.20. The molecule has 0 amide bonds. The van der Waals surface area contributed by atoms with Crippen molar-refractivity contribution in [1.82, 2.24) is 15.3 Å². The van der Waals surface area contributed by atoms with Gasteiger partial charge in [0.05, 0.1) is 16.2 Å². The van der Waals surface area contributed by atoms with Crippen LogP contribution in [0.5, 0.6) is 0 Å². The van der Waals surface area contributed by atoms with E-state index in [2.05, 4.69) is 26.0 Å². The minimum absolute atomic E-state index is 0. The van der Waals surface area contributed by atoms with Crippen LogP contribution >= 0.6 is 35.1 Å². The highest BCUT2D eigenvalue weighted by Crippen LogP contribution is 2.10. The van der Waals surface area contributed by atoms with Crippen molar-refractivity contribution < 1.29 is 0 Å². The van der Waals surface area contributed by atoms with Crippen LogP contribution in [-0.2, 0) is 13.0 Å². The molecule has 0 aliphatic rings. The molecule has 0 saturated heterocycles. The predicted molar refractivity (Wildman–Crippen MR) is 76.2 cm³/mol. The molecule has 0 radical (unpaired) electrons. The number of halogens is 1. The predicted octanol–water partition coefficient (Wildman–Crippen LogP) is 3.05. The minimum Gasteiger partial charge on any atom is -0.311 e. The van der Waals surface area contributed by atoms with Gasteiger partial charge in [-0.15, -0.1) is 35.1 Å². The zero-order valence-electron chi connectivity index (χ0n) is 9.68. The number of nitrogens with one attached hydrogen (secondary N) is 1. The smallest absolute Gasteiger partial charge is 0.0928 e. The summed E-state index contributed by atoms with van der Waals surface area (Å²) in [6.07, 6.45) is 2.21. The molecule has 6 heteroatoms. The Bertz CT molecular complexity index is 414. The second-order valence-corrected chi connectivity index (χ2v) is 5.30. The van der Waals surface area contributed by atoms with E-state index in [0.717, 1.165) is 37.3 Å². The van der Waals surface area contributed by atoms with Crippen LogP contribution in [0.1, 0.15) is 22.8 Å². The lowest BCUT2D eigenvalue weighted by Crippen LogP contribution is -2.15. The second kappa shape index (κ2) is 7.76. The summed E-state index contributed by atoms with van der Waals surface area (Å²) in [6, 6.07) is 0. The maximum atomic E-state index is 4.44. The highest BCUT2D eigenvalue weighted by atomic mass is 35.5. The normalized spacial score (nSPS) is 10.2. The molecule has 0 saturated carbocycles. The van der Waals surface area contributed by atoms with Gasteiger partial charge in [-0.05, 0) is 19.9 Å². The molecular weight excluding hydrogens is 274 g/mol. The van der Waals surface area contributed by atoms with Gasteiger partial charge >= 0.3 is 0 Å². The first-order valence-electron chi connectivity index (χ1n) is 5.33. The fourth-order valence-electron chi connectivity index (χ4n) is 1.42. The number of hydrogen-bond donors (Lipinski definition) is 1. The first kappa shape index (κ1) is 14.6. The highest BCUT2D eigenvalue weighted by Gasteiger charge is 1.98. The van der Waals surface area contributed by atoms with Crippen LogP contribution in [0.25, 0.3) is 0 Å². The van der Waals surface area contributed by atoms with E-state index in [1.54, 1.807) is 22.7 Å². The number of rotatable bonds is 6. The second-order valence-electron chi connectivity index (χ2n) is 3.64. The number of aryl methyl sites for hydroxylation is 2. The molecule has 2 aromatic heterocycles. The van der Waals surface area contributed by atoms with E-state index in [4.69, 9.17) is 0 Å². The average Bonchev–Trinajstić information content (AvgIpc) is 2.89. The Labute approximate surface area is 116 Å². The van der Waals surface area contributed by atoms with Crippen molar-refractivity contribution in [2.75, 3.05) is 6.54 Å². The Morgan fingerprint density at radius 1 is 1.35 bits per heavy atom. The topological polar surface area (TPSA) is 37.8 Å². The highest BCUT2D eigenvalue weighted by molar-refractivity contribution is 7.09. The zero-order chi connectivity index (χ0) is 11.2. The molecule has 2 heterocycles. The van der Waals surface area contributed by atoms with E-state index in [0.29, 0.717) is 0 Å². The van der Waals surface area contributed by atoms with Crippen LogP contribution < -0.4 is 5.32 Å². The number of nitrogens with zero attached hydrogens (tertiary/aromatic N) is 2. The maximum absolute atomic E-state index is 4.44. The van der Waals surface area contributed by atoms with Gasteiger partial charge in [0.15, 0.2) is 0 Å². The molecule has 0 unspecified atom stereocenters. The largest absolute Gasteiger partial charge is 0.311 e. The van der Waals surface area contributed by atoms with Gasteiger partial charge in [-0.2, -0.15) is 0 Å². The first-order chi connectivity index (χ1) is 7.84. The van der Waals surface area contributed by atoms with Crippen molar-refractivity contribution >= 4 is 35.1 Å². The van der Waals surface area contributed by atoms with E-state index in [1.165, 1.54) is 5.01 Å². The summed E-state index contributed by atoms with van der Waals surface area (Å²) in [5.74, 6) is 0. The monoisotopic (exact) mass is 289 g/mol. The van der Waals surface area contributed by atoms with Crippen LogP contribution in [-0.4, -0.2) is 16.5 Å². The van der Waals surface area contributed by atoms with Gasteiger partial charge in [-0.3, -0.25) is 0 Å². The fourth-order valence-corrected chi connectivity index (χ4v) is 2.80. The SMILES string of the molecule is Cc1csc(CCCNCc2cscn2)n1.Cl. The Hall–Kier alpha value is -0.490. The zero-order valence-corrected chi connectivity index (χ0v) is 12.1. The van der Waals surface area contributed by atoms with Crippen molar-refractivity contribution in [3.63, 3.8) is 0 Å². The summed E-state index contributed by atoms with van der Waals surface area (Å²) in [6.45, 7) is 3.94. The van der Waals surface area contributed by atoms with Gasteiger partial charge in [0.1, 0.15) is 0 Å². The maximum Gasteiger partial charge on any atom is 0.0928 e. The summed E-state index contributed by atoms with van der Waals surface area (Å²) in [5.41, 5.74) is 4.14. The van der Waals surface area contributed by atoms with Gasteiger partial charge in [-0.25, -0.2) is 9.97 Å². The van der Waals surface area contributed by atoms with Crippen LogP contribution in [0.15, 0.2) is 16.3 Å². The van der Waals surface area contributed by atoms with E-state index < -0.39 is 0 Å². The fraction of sp³-hybridized carbons (Fsp3) is 0.455. The molecule has 2 rings (SSSR count). The lowest BCUT2D eigenvalue weighted by molar-refractivity contribution is 0.641. The molecule has 0 aromatic carbocycles. The number of aromatic nitrogens is 2. The van der Waals surface area contributed by atoms with Crippen LogP contribution in [0.3, 0.4) is 0 Å². The lowest BCUT2D eigenvalue weighted by Gasteiger charge is -2.00. The van der Waals surface area contributed by atoms with Crippen LogP contribution in [0.4, 0.5) is 0 Å². The Balaban J connectivity index is 0.00000144. The van der Waals surface area contributed by atoms with Crippen LogP contribution in [0, 0.1) is 6.92 Å². The van der Waals surface area contributed by atoms with Crippen molar-refractivity contribution in [2.24, 2.45) is 0 Å². The van der Waals surface area contributed by atoms with E-state index in [-0.39, 0.29) is 12.4 Å². The third-order valence-corrected chi connectivity index (χ3v) is 3.86. The van der Waals surface area contributed by atoms with Gasteiger partial charge in [0.2, 0.25) is 0 Å². The molecule has 94 valence electrons. The molecular formula is C11H16ClN3S2. The quantitative estimate of drug-likeness (QED) is 0.831. The molecule has 0 fully saturated rings. The van der Waals surface area contributed by atoms with Crippen molar-refractivity contribution in [1.29, 1.82) is 0 Å². The summed E-state index contributed by atoms with van der Waals surface area (Å²) in [7, 11) is 0. The molecule has 0 aliphatic heterocycles. The average molecular weight is 290 g/mol. The third kappa shape index (κ3) is 5.12. The van der Waals surface area contributed by atoms with Crippen LogP contribution in [0.2, 0.25) is 0 Å². The molecule has 17 heavy (non-hydrogen) atoms. The van der Waals surface area contributed by atoms with Crippen molar-refractivity contribution in [3.8, 4) is 0 Å². The standard InChI is InChI=1S/C11H15N3S2.ClH/c1-9-6-16-11(14-9)3-2-4-12-5-10-7-15-8-13-10;/h6-8,12H,2-5H2,1H3;1H. The molecule has 2 aromatic rings. The molecule has 3 nitrogen and oxygen atoms in total. The molecule has 0 spiro atoms. The Kier molecular flexibility index (Phi) is 6.65. The van der Waals surface area contributed by atoms with Gasteiger partial charge in [0, 0.05) is 29.4 Å². The Morgan fingerprint density at radius 3 is 2.88 bits per heavy atom. The summed E-state index contributed by atoms with van der Waals surface area (Å²) >= 11 is 3.40. The minimum atomic E-state index is 0. The van der Waals surface area contributed by atoms with E-state index in [9.17, 15) is 0 Å². The number of thiazole rings is 2. The Morgan fingerprint density at radius 2 is 2.24 bits per heavy atom. The molecule has 1 N–H and O–H groups in total. The molecule has 0 bridgehead atoms. The van der Waals surface area contributed by atoms with Gasteiger partial charge < -0.3 is 5.32 Å². The van der Waals surface area contributed by atoms with E-state index in [1.807, 2.05) is 12.4 Å². The molecule has 0 atom stereocenters. The van der Waals surface area contributed by atoms with E-state index >= 15 is 0 Å². The first-order valence-corrected chi connectivity index (χ1v) is 7.15. The van der Waals surface area contributed by atoms with Gasteiger partial charge in [-0.1, -0.05) is 0 Å². The number of hydrogen-bond acceptors (Lipinski definition) is 5. The van der Waals surface area contributed by atoms with Crippen molar-refractivity contribution in [2.45, 2.75) is 26.3 Å². The van der Waals surface area contributed by atoms with Gasteiger partial charge in [0.25, 0.3) is 0 Å². The van der Waals surface area contributed by atoms with Crippen molar-refractivity contribution in [3.05, 3.63) is 32.7 Å². The summed E-state index contributed by atoms with van der Waals surface area (Å²) in [4.78, 5) is 8.66.